The fraction of sp³-hybridized carbons (Fsp3) is 0.385. The van der Waals surface area contributed by atoms with Crippen LogP contribution < -0.4 is 10.6 Å². The largest absolute Gasteiger partial charge is 0.346 e. The highest BCUT2D eigenvalue weighted by atomic mass is 79.9. The van der Waals surface area contributed by atoms with Gasteiger partial charge in [-0.2, -0.15) is 4.98 Å². The van der Waals surface area contributed by atoms with E-state index in [1.165, 1.54) is 0 Å². The van der Waals surface area contributed by atoms with Crippen molar-refractivity contribution in [3.05, 3.63) is 35.5 Å². The number of hydrogen-bond donors (Lipinski definition) is 2. The van der Waals surface area contributed by atoms with Crippen molar-refractivity contribution in [2.24, 2.45) is 5.92 Å². The Kier molecular flexibility index (Phi) is 3.52. The highest BCUT2D eigenvalue weighted by Gasteiger charge is 2.23. The smallest absolute Gasteiger partial charge is 0.243 e. The van der Waals surface area contributed by atoms with Crippen LogP contribution in [0.15, 0.2) is 35.5 Å². The van der Waals surface area contributed by atoms with Crippen molar-refractivity contribution in [3.63, 3.8) is 0 Å². The molecule has 1 aliphatic rings. The average molecular weight is 322 g/mol. The number of pyridine rings is 1. The molecule has 2 N–H and O–H groups in total. The molecule has 1 fully saturated rings. The molecule has 5 nitrogen and oxygen atoms in total. The number of hydrogen-bond acceptors (Lipinski definition) is 4. The van der Waals surface area contributed by atoms with Gasteiger partial charge >= 0.3 is 0 Å². The lowest BCUT2D eigenvalue weighted by atomic mass is 9.99. The molecule has 1 saturated heterocycles. The summed E-state index contributed by atoms with van der Waals surface area (Å²) in [5.74, 6) is 1.19. The lowest BCUT2D eigenvalue weighted by molar-refractivity contribution is 0.541. The molecule has 3 heterocycles. The molecule has 1 aliphatic heterocycles. The second-order valence-electron chi connectivity index (χ2n) is 4.72. The maximum absolute atomic E-state index is 4.50. The summed E-state index contributed by atoms with van der Waals surface area (Å²) in [5.41, 5.74) is 0.817. The number of fused-ring (bicyclic) bond motifs is 1. The predicted molar refractivity (Wildman–Crippen MR) is 79.3 cm³/mol. The van der Waals surface area contributed by atoms with Crippen LogP contribution in [0, 0.1) is 5.92 Å². The van der Waals surface area contributed by atoms with E-state index in [-0.39, 0.29) is 6.04 Å². The van der Waals surface area contributed by atoms with Crippen LogP contribution in [0.4, 0.5) is 5.95 Å². The molecule has 0 amide bonds. The van der Waals surface area contributed by atoms with E-state index in [2.05, 4.69) is 43.2 Å². The molecule has 0 radical (unpaired) electrons. The van der Waals surface area contributed by atoms with Crippen molar-refractivity contribution in [2.75, 3.05) is 18.4 Å². The fourth-order valence-corrected chi connectivity index (χ4v) is 2.86. The van der Waals surface area contributed by atoms with E-state index in [0.29, 0.717) is 11.9 Å². The molecular weight excluding hydrogens is 306 g/mol. The van der Waals surface area contributed by atoms with Crippen LogP contribution in [0.25, 0.3) is 5.65 Å². The standard InChI is InChI=1S/C13H16BrN5/c1-2-11(9-5-6-15-8-9)16-13-17-12-10(14)4-3-7-19(12)18-13/h2-4,7,9,11,15H,1,5-6,8H2,(H,16,18). The van der Waals surface area contributed by atoms with Crippen molar-refractivity contribution >= 4 is 27.5 Å². The third kappa shape index (κ3) is 2.50. The van der Waals surface area contributed by atoms with Crippen LogP contribution in [0.3, 0.4) is 0 Å². The Morgan fingerprint density at radius 1 is 1.63 bits per heavy atom. The maximum atomic E-state index is 4.50. The van der Waals surface area contributed by atoms with Gasteiger partial charge in [-0.15, -0.1) is 11.7 Å². The molecule has 0 saturated carbocycles. The number of aromatic nitrogens is 3. The molecule has 0 spiro atoms. The Hall–Kier alpha value is -1.40. The summed E-state index contributed by atoms with van der Waals surface area (Å²) in [4.78, 5) is 4.50. The number of nitrogens with zero attached hydrogens (tertiary/aromatic N) is 3. The van der Waals surface area contributed by atoms with Gasteiger partial charge < -0.3 is 10.6 Å². The molecule has 2 aromatic rings. The van der Waals surface area contributed by atoms with E-state index in [9.17, 15) is 0 Å². The topological polar surface area (TPSA) is 54.2 Å². The van der Waals surface area contributed by atoms with Crippen molar-refractivity contribution in [1.82, 2.24) is 19.9 Å². The van der Waals surface area contributed by atoms with Gasteiger partial charge in [-0.25, -0.2) is 4.52 Å². The molecule has 2 atom stereocenters. The minimum absolute atomic E-state index is 0.200. The van der Waals surface area contributed by atoms with Crippen LogP contribution >= 0.6 is 15.9 Å². The molecule has 2 unspecified atom stereocenters. The van der Waals surface area contributed by atoms with E-state index in [4.69, 9.17) is 0 Å². The zero-order chi connectivity index (χ0) is 13.2. The summed E-state index contributed by atoms with van der Waals surface area (Å²) in [7, 11) is 0. The average Bonchev–Trinajstić information content (AvgIpc) is 3.05. The third-order valence-corrected chi connectivity index (χ3v) is 4.09. The summed E-state index contributed by atoms with van der Waals surface area (Å²) >= 11 is 3.48. The molecule has 2 aromatic heterocycles. The van der Waals surface area contributed by atoms with Gasteiger partial charge in [-0.3, -0.25) is 0 Å². The van der Waals surface area contributed by atoms with Crippen LogP contribution in [-0.2, 0) is 0 Å². The molecule has 100 valence electrons. The van der Waals surface area contributed by atoms with Crippen molar-refractivity contribution in [2.45, 2.75) is 12.5 Å². The van der Waals surface area contributed by atoms with Gasteiger partial charge in [0.15, 0.2) is 5.65 Å². The number of halogens is 1. The Bertz CT molecular complexity index is 588. The Balaban J connectivity index is 1.83. The van der Waals surface area contributed by atoms with E-state index >= 15 is 0 Å². The van der Waals surface area contributed by atoms with Gasteiger partial charge in [0.2, 0.25) is 5.95 Å². The molecule has 19 heavy (non-hydrogen) atoms. The molecule has 0 aliphatic carbocycles. The van der Waals surface area contributed by atoms with E-state index in [1.807, 2.05) is 24.4 Å². The molecule has 3 rings (SSSR count). The lowest BCUT2D eigenvalue weighted by Gasteiger charge is -2.19. The predicted octanol–water partition coefficient (Wildman–Crippen LogP) is 2.07. The Morgan fingerprint density at radius 2 is 2.53 bits per heavy atom. The molecule has 0 aromatic carbocycles. The highest BCUT2D eigenvalue weighted by Crippen LogP contribution is 2.20. The summed E-state index contributed by atoms with van der Waals surface area (Å²) in [5, 5.41) is 11.2. The Morgan fingerprint density at radius 3 is 3.21 bits per heavy atom. The van der Waals surface area contributed by atoms with E-state index < -0.39 is 0 Å². The third-order valence-electron chi connectivity index (χ3n) is 3.47. The summed E-state index contributed by atoms with van der Waals surface area (Å²) < 4.78 is 2.70. The second-order valence-corrected chi connectivity index (χ2v) is 5.57. The SMILES string of the molecule is C=CC(Nc1nc2c(Br)cccn2n1)C1CCNC1. The monoisotopic (exact) mass is 321 g/mol. The number of anilines is 1. The summed E-state index contributed by atoms with van der Waals surface area (Å²) in [6, 6.07) is 4.09. The van der Waals surface area contributed by atoms with E-state index in [1.54, 1.807) is 4.52 Å². The molecular formula is C13H16BrN5. The van der Waals surface area contributed by atoms with Gasteiger partial charge in [0, 0.05) is 12.7 Å². The first-order chi connectivity index (χ1) is 9.28. The first-order valence-electron chi connectivity index (χ1n) is 6.38. The van der Waals surface area contributed by atoms with Crippen LogP contribution in [0.5, 0.6) is 0 Å². The number of nitrogens with one attached hydrogen (secondary N) is 2. The second kappa shape index (κ2) is 5.30. The normalized spacial score (nSPS) is 20.6. The lowest BCUT2D eigenvalue weighted by Crippen LogP contribution is -2.29. The zero-order valence-corrected chi connectivity index (χ0v) is 12.1. The van der Waals surface area contributed by atoms with Crippen molar-refractivity contribution < 1.29 is 0 Å². The maximum Gasteiger partial charge on any atom is 0.243 e. The first-order valence-corrected chi connectivity index (χ1v) is 7.18. The van der Waals surface area contributed by atoms with Gasteiger partial charge in [-0.05, 0) is 46.9 Å². The van der Waals surface area contributed by atoms with Gasteiger partial charge in [0.05, 0.1) is 10.5 Å². The van der Waals surface area contributed by atoms with Crippen LogP contribution in [-0.4, -0.2) is 33.7 Å². The van der Waals surface area contributed by atoms with Crippen LogP contribution in [0.1, 0.15) is 6.42 Å². The Labute approximate surface area is 120 Å². The number of rotatable bonds is 4. The highest BCUT2D eigenvalue weighted by molar-refractivity contribution is 9.10. The molecule has 6 heteroatoms. The molecule has 0 bridgehead atoms. The van der Waals surface area contributed by atoms with Gasteiger partial charge in [0.25, 0.3) is 0 Å². The zero-order valence-electron chi connectivity index (χ0n) is 10.5. The van der Waals surface area contributed by atoms with Crippen molar-refractivity contribution in [3.8, 4) is 0 Å². The van der Waals surface area contributed by atoms with Crippen molar-refractivity contribution in [1.29, 1.82) is 0 Å². The van der Waals surface area contributed by atoms with Gasteiger partial charge in [0.1, 0.15) is 0 Å². The van der Waals surface area contributed by atoms with E-state index in [0.717, 1.165) is 29.6 Å². The minimum atomic E-state index is 0.200. The summed E-state index contributed by atoms with van der Waals surface area (Å²) in [6.45, 7) is 6.00. The minimum Gasteiger partial charge on any atom is -0.346 e. The fourth-order valence-electron chi connectivity index (χ4n) is 2.44. The van der Waals surface area contributed by atoms with Gasteiger partial charge in [-0.1, -0.05) is 6.08 Å². The first kappa shape index (κ1) is 12.6. The van der Waals surface area contributed by atoms with Crippen LogP contribution in [0.2, 0.25) is 0 Å². The summed E-state index contributed by atoms with van der Waals surface area (Å²) in [6.07, 6.45) is 4.98. The quantitative estimate of drug-likeness (QED) is 0.846.